The van der Waals surface area contributed by atoms with E-state index in [1.807, 2.05) is 6.20 Å². The lowest BCUT2D eigenvalue weighted by molar-refractivity contribution is 0.198. The highest BCUT2D eigenvalue weighted by Gasteiger charge is 2.28. The van der Waals surface area contributed by atoms with Crippen LogP contribution in [0.3, 0.4) is 0 Å². The Balaban J connectivity index is 1.68. The van der Waals surface area contributed by atoms with Gasteiger partial charge in [-0.1, -0.05) is 0 Å². The average molecular weight is 231 g/mol. The number of hydrogen-bond acceptors (Lipinski definition) is 3. The Kier molecular flexibility index (Phi) is 3.10. The third-order valence-corrected chi connectivity index (χ3v) is 4.04. The van der Waals surface area contributed by atoms with Crippen molar-refractivity contribution in [3.63, 3.8) is 0 Å². The predicted molar refractivity (Wildman–Crippen MR) is 67.9 cm³/mol. The summed E-state index contributed by atoms with van der Waals surface area (Å²) in [4.78, 5) is 11.2. The van der Waals surface area contributed by atoms with Crippen LogP contribution in [0.1, 0.15) is 42.9 Å². The Labute approximate surface area is 103 Å². The minimum absolute atomic E-state index is 0.630. The average Bonchev–Trinajstić information content (AvgIpc) is 3.14. The molecule has 2 aliphatic rings. The van der Waals surface area contributed by atoms with Crippen LogP contribution in [-0.4, -0.2) is 34.5 Å². The Bertz CT molecular complexity index is 387. The maximum atomic E-state index is 4.49. The maximum Gasteiger partial charge on any atom is 0.115 e. The van der Waals surface area contributed by atoms with Gasteiger partial charge in [0.15, 0.2) is 0 Å². The summed E-state index contributed by atoms with van der Waals surface area (Å²) in [6.45, 7) is 5.95. The number of nitrogens with zero attached hydrogens (tertiary/aromatic N) is 3. The molecule has 0 spiro atoms. The van der Waals surface area contributed by atoms with Gasteiger partial charge in [0, 0.05) is 25.2 Å². The molecule has 3 rings (SSSR count). The van der Waals surface area contributed by atoms with E-state index < -0.39 is 0 Å². The predicted octanol–water partition coefficient (Wildman–Crippen LogP) is 2.37. The number of aromatic nitrogens is 2. The molecule has 0 bridgehead atoms. The second-order valence-electron chi connectivity index (χ2n) is 5.63. The van der Waals surface area contributed by atoms with Crippen molar-refractivity contribution >= 4 is 0 Å². The molecular formula is C14H21N3. The fraction of sp³-hybridized carbons (Fsp3) is 0.714. The SMILES string of the molecule is Cc1cncnc1C1CCCN(CC2CC2)C1. The van der Waals surface area contributed by atoms with E-state index in [4.69, 9.17) is 0 Å². The van der Waals surface area contributed by atoms with Crippen molar-refractivity contribution in [3.8, 4) is 0 Å². The molecule has 3 nitrogen and oxygen atoms in total. The van der Waals surface area contributed by atoms with Gasteiger partial charge in [0.2, 0.25) is 0 Å². The van der Waals surface area contributed by atoms with Crippen molar-refractivity contribution in [1.29, 1.82) is 0 Å². The van der Waals surface area contributed by atoms with Gasteiger partial charge >= 0.3 is 0 Å². The molecule has 92 valence electrons. The number of aryl methyl sites for hydroxylation is 1. The van der Waals surface area contributed by atoms with Crippen LogP contribution in [0.5, 0.6) is 0 Å². The lowest BCUT2D eigenvalue weighted by Gasteiger charge is -2.32. The molecule has 0 N–H and O–H groups in total. The molecule has 1 saturated heterocycles. The van der Waals surface area contributed by atoms with E-state index >= 15 is 0 Å². The molecule has 1 aliphatic heterocycles. The Morgan fingerprint density at radius 1 is 1.35 bits per heavy atom. The van der Waals surface area contributed by atoms with E-state index in [2.05, 4.69) is 21.8 Å². The molecule has 17 heavy (non-hydrogen) atoms. The first-order valence-electron chi connectivity index (χ1n) is 6.82. The van der Waals surface area contributed by atoms with Crippen molar-refractivity contribution in [1.82, 2.24) is 14.9 Å². The number of likely N-dealkylation sites (tertiary alicyclic amines) is 1. The summed E-state index contributed by atoms with van der Waals surface area (Å²) in [6, 6.07) is 0. The fourth-order valence-electron chi connectivity index (χ4n) is 2.95. The van der Waals surface area contributed by atoms with E-state index in [-0.39, 0.29) is 0 Å². The van der Waals surface area contributed by atoms with E-state index in [0.29, 0.717) is 5.92 Å². The van der Waals surface area contributed by atoms with Crippen molar-refractivity contribution in [2.45, 2.75) is 38.5 Å². The zero-order valence-electron chi connectivity index (χ0n) is 10.6. The molecule has 1 saturated carbocycles. The summed E-state index contributed by atoms with van der Waals surface area (Å²) < 4.78 is 0. The third kappa shape index (κ3) is 2.65. The lowest BCUT2D eigenvalue weighted by Crippen LogP contribution is -2.36. The molecule has 2 fully saturated rings. The first kappa shape index (κ1) is 11.1. The van der Waals surface area contributed by atoms with Gasteiger partial charge in [0.1, 0.15) is 6.33 Å². The molecule has 3 heteroatoms. The Morgan fingerprint density at radius 2 is 2.24 bits per heavy atom. The third-order valence-electron chi connectivity index (χ3n) is 4.04. The summed E-state index contributed by atoms with van der Waals surface area (Å²) in [7, 11) is 0. The zero-order chi connectivity index (χ0) is 11.7. The number of hydrogen-bond donors (Lipinski definition) is 0. The summed E-state index contributed by atoms with van der Waals surface area (Å²) in [6.07, 6.45) is 9.16. The van der Waals surface area contributed by atoms with E-state index in [9.17, 15) is 0 Å². The van der Waals surface area contributed by atoms with Crippen LogP contribution in [0.2, 0.25) is 0 Å². The number of piperidine rings is 1. The first-order valence-corrected chi connectivity index (χ1v) is 6.82. The molecule has 1 aromatic heterocycles. The normalized spacial score (nSPS) is 26.1. The highest BCUT2D eigenvalue weighted by Crippen LogP contribution is 2.33. The van der Waals surface area contributed by atoms with Crippen LogP contribution in [-0.2, 0) is 0 Å². The van der Waals surface area contributed by atoms with Crippen LogP contribution in [0.15, 0.2) is 12.5 Å². The van der Waals surface area contributed by atoms with Crippen LogP contribution in [0.4, 0.5) is 0 Å². The maximum absolute atomic E-state index is 4.49. The summed E-state index contributed by atoms with van der Waals surface area (Å²) in [5.74, 6) is 1.63. The van der Waals surface area contributed by atoms with E-state index in [1.54, 1.807) is 6.33 Å². The van der Waals surface area contributed by atoms with Gasteiger partial charge < -0.3 is 4.90 Å². The molecule has 2 heterocycles. The minimum Gasteiger partial charge on any atom is -0.302 e. The van der Waals surface area contributed by atoms with Gasteiger partial charge in [-0.2, -0.15) is 0 Å². The van der Waals surface area contributed by atoms with Crippen molar-refractivity contribution in [2.75, 3.05) is 19.6 Å². The van der Waals surface area contributed by atoms with Crippen molar-refractivity contribution in [3.05, 3.63) is 23.8 Å². The Hall–Kier alpha value is -0.960. The van der Waals surface area contributed by atoms with Gasteiger partial charge in [-0.15, -0.1) is 0 Å². The fourth-order valence-corrected chi connectivity index (χ4v) is 2.95. The van der Waals surface area contributed by atoms with Crippen molar-refractivity contribution < 1.29 is 0 Å². The van der Waals surface area contributed by atoms with Crippen molar-refractivity contribution in [2.24, 2.45) is 5.92 Å². The lowest BCUT2D eigenvalue weighted by atomic mass is 9.92. The van der Waals surface area contributed by atoms with E-state index in [1.165, 1.54) is 56.6 Å². The van der Waals surface area contributed by atoms with Gasteiger partial charge in [-0.05, 0) is 50.6 Å². The zero-order valence-corrected chi connectivity index (χ0v) is 10.6. The van der Waals surface area contributed by atoms with Crippen LogP contribution >= 0.6 is 0 Å². The molecule has 1 unspecified atom stereocenters. The monoisotopic (exact) mass is 231 g/mol. The first-order chi connectivity index (χ1) is 8.33. The quantitative estimate of drug-likeness (QED) is 0.799. The molecule has 1 atom stereocenters. The topological polar surface area (TPSA) is 29.0 Å². The van der Waals surface area contributed by atoms with Gasteiger partial charge in [0.05, 0.1) is 5.69 Å². The molecule has 0 radical (unpaired) electrons. The summed E-state index contributed by atoms with van der Waals surface area (Å²) >= 11 is 0. The van der Waals surface area contributed by atoms with Crippen LogP contribution in [0, 0.1) is 12.8 Å². The molecule has 0 aromatic carbocycles. The smallest absolute Gasteiger partial charge is 0.115 e. The van der Waals surface area contributed by atoms with Crippen LogP contribution in [0.25, 0.3) is 0 Å². The highest BCUT2D eigenvalue weighted by molar-refractivity contribution is 5.19. The molecule has 1 aliphatic carbocycles. The standard InChI is InChI=1S/C14H21N3/c1-11-7-15-10-16-14(11)13-3-2-6-17(9-13)8-12-4-5-12/h7,10,12-13H,2-6,8-9H2,1H3. The minimum atomic E-state index is 0.630. The largest absolute Gasteiger partial charge is 0.302 e. The molecule has 1 aromatic rings. The highest BCUT2D eigenvalue weighted by atomic mass is 15.1. The second kappa shape index (κ2) is 4.73. The van der Waals surface area contributed by atoms with Gasteiger partial charge in [-0.3, -0.25) is 0 Å². The summed E-state index contributed by atoms with van der Waals surface area (Å²) in [5, 5.41) is 0. The van der Waals surface area contributed by atoms with Gasteiger partial charge in [0.25, 0.3) is 0 Å². The second-order valence-corrected chi connectivity index (χ2v) is 5.63. The Morgan fingerprint density at radius 3 is 3.00 bits per heavy atom. The summed E-state index contributed by atoms with van der Waals surface area (Å²) in [5.41, 5.74) is 2.53. The van der Waals surface area contributed by atoms with Gasteiger partial charge in [-0.25, -0.2) is 9.97 Å². The molecule has 0 amide bonds. The van der Waals surface area contributed by atoms with Crippen LogP contribution < -0.4 is 0 Å². The molecular weight excluding hydrogens is 210 g/mol. The number of rotatable bonds is 3. The van der Waals surface area contributed by atoms with E-state index in [0.717, 1.165) is 5.92 Å².